The number of amides is 1. The average molecular weight is 565 g/mol. The Kier molecular flexibility index (Phi) is 7.24. The molecule has 2 atom stereocenters. The molecular weight excluding hydrogens is 536 g/mol. The standard InChI is InChI=1S/C29H28N2O8S/c1-6-38-28(35)26-15(3)30-29(40-26)31-23(16-7-10-20(36-4)21(13-16)37-5)22(25(33)27(31)34)24(32)17-8-9-19-18(12-17)11-14(2)39-19/h7-10,12-14,23,32H,6,11H2,1-5H3/b24-22+. The minimum atomic E-state index is -1.07. The lowest BCUT2D eigenvalue weighted by Crippen LogP contribution is -2.29. The third-order valence-electron chi connectivity index (χ3n) is 6.79. The highest BCUT2D eigenvalue weighted by Crippen LogP contribution is 2.46. The molecule has 2 aromatic carbocycles. The molecule has 0 aliphatic carbocycles. The summed E-state index contributed by atoms with van der Waals surface area (Å²) in [5.41, 5.74) is 1.99. The van der Waals surface area contributed by atoms with E-state index in [-0.39, 0.29) is 34.1 Å². The molecule has 11 heteroatoms. The van der Waals surface area contributed by atoms with Crippen molar-refractivity contribution in [1.29, 1.82) is 0 Å². The van der Waals surface area contributed by atoms with Crippen LogP contribution < -0.4 is 19.1 Å². The number of nitrogens with zero attached hydrogens (tertiary/aromatic N) is 2. The fraction of sp³-hybridized carbons (Fsp3) is 0.310. The van der Waals surface area contributed by atoms with E-state index in [0.717, 1.165) is 16.9 Å². The van der Waals surface area contributed by atoms with Crippen molar-refractivity contribution in [3.8, 4) is 17.2 Å². The Morgan fingerprint density at radius 1 is 1.15 bits per heavy atom. The highest BCUT2D eigenvalue weighted by molar-refractivity contribution is 7.17. The van der Waals surface area contributed by atoms with E-state index in [1.165, 1.54) is 19.1 Å². The van der Waals surface area contributed by atoms with Crippen LogP contribution in [-0.2, 0) is 20.7 Å². The summed E-state index contributed by atoms with van der Waals surface area (Å²) < 4.78 is 21.7. The number of carbonyl (C=O) groups excluding carboxylic acids is 3. The molecular formula is C29H28N2O8S. The first-order valence-electron chi connectivity index (χ1n) is 12.7. The first-order chi connectivity index (χ1) is 19.2. The maximum atomic E-state index is 13.6. The molecule has 1 N–H and O–H groups in total. The maximum Gasteiger partial charge on any atom is 0.350 e. The summed E-state index contributed by atoms with van der Waals surface area (Å²) in [6, 6.07) is 9.06. The van der Waals surface area contributed by atoms with Crippen LogP contribution in [-0.4, -0.2) is 54.7 Å². The number of aliphatic hydroxyl groups is 1. The minimum absolute atomic E-state index is 0.00789. The molecule has 0 spiro atoms. The van der Waals surface area contributed by atoms with Crippen molar-refractivity contribution in [2.75, 3.05) is 25.7 Å². The number of hydrogen-bond donors (Lipinski definition) is 1. The Morgan fingerprint density at radius 2 is 1.90 bits per heavy atom. The Morgan fingerprint density at radius 3 is 2.60 bits per heavy atom. The van der Waals surface area contributed by atoms with E-state index in [9.17, 15) is 19.5 Å². The number of rotatable bonds is 7. The van der Waals surface area contributed by atoms with Gasteiger partial charge in [-0.25, -0.2) is 9.78 Å². The molecule has 2 unspecified atom stereocenters. The molecule has 40 heavy (non-hydrogen) atoms. The summed E-state index contributed by atoms with van der Waals surface area (Å²) in [7, 11) is 2.97. The van der Waals surface area contributed by atoms with E-state index in [0.29, 0.717) is 40.5 Å². The lowest BCUT2D eigenvalue weighted by Gasteiger charge is -2.24. The number of esters is 1. The summed E-state index contributed by atoms with van der Waals surface area (Å²) in [5, 5.41) is 11.7. The van der Waals surface area contributed by atoms with Crippen molar-refractivity contribution in [1.82, 2.24) is 4.98 Å². The van der Waals surface area contributed by atoms with Crippen molar-refractivity contribution < 1.29 is 38.4 Å². The Bertz CT molecular complexity index is 1560. The largest absolute Gasteiger partial charge is 0.507 e. The van der Waals surface area contributed by atoms with Gasteiger partial charge in [0.25, 0.3) is 5.78 Å². The summed E-state index contributed by atoms with van der Waals surface area (Å²) in [5.74, 6) is -1.14. The quantitative estimate of drug-likeness (QED) is 0.190. The number of hydrogen-bond acceptors (Lipinski definition) is 10. The van der Waals surface area contributed by atoms with Crippen LogP contribution >= 0.6 is 11.3 Å². The van der Waals surface area contributed by atoms with Crippen LogP contribution in [0, 0.1) is 6.92 Å². The van der Waals surface area contributed by atoms with Gasteiger partial charge in [-0.1, -0.05) is 17.4 Å². The van der Waals surface area contributed by atoms with E-state index in [2.05, 4.69) is 4.98 Å². The van der Waals surface area contributed by atoms with Gasteiger partial charge < -0.3 is 24.1 Å². The van der Waals surface area contributed by atoms with Gasteiger partial charge in [0, 0.05) is 12.0 Å². The van der Waals surface area contributed by atoms with E-state index in [4.69, 9.17) is 18.9 Å². The second-order valence-electron chi connectivity index (χ2n) is 9.37. The Balaban J connectivity index is 1.70. The first kappa shape index (κ1) is 27.2. The van der Waals surface area contributed by atoms with Gasteiger partial charge in [0.15, 0.2) is 16.6 Å². The summed E-state index contributed by atoms with van der Waals surface area (Å²) in [4.78, 5) is 45.5. The summed E-state index contributed by atoms with van der Waals surface area (Å²) in [6.07, 6.45) is 0.644. The average Bonchev–Trinajstić information content (AvgIpc) is 3.59. The zero-order chi connectivity index (χ0) is 28.7. The molecule has 1 amide bonds. The van der Waals surface area contributed by atoms with Crippen molar-refractivity contribution >= 4 is 39.9 Å². The number of benzene rings is 2. The Hall–Kier alpha value is -4.38. The van der Waals surface area contributed by atoms with Crippen LogP contribution in [0.2, 0.25) is 0 Å². The second kappa shape index (κ2) is 10.6. The van der Waals surface area contributed by atoms with Gasteiger partial charge in [0.1, 0.15) is 22.5 Å². The second-order valence-corrected chi connectivity index (χ2v) is 10.3. The number of Topliss-reactive ketones (excluding diaryl/α,β-unsaturated/α-hetero) is 1. The van der Waals surface area contributed by atoms with Gasteiger partial charge in [-0.3, -0.25) is 14.5 Å². The molecule has 1 saturated heterocycles. The fourth-order valence-corrected chi connectivity index (χ4v) is 5.95. The van der Waals surface area contributed by atoms with Crippen LogP contribution in [0.5, 0.6) is 17.2 Å². The molecule has 5 rings (SSSR count). The van der Waals surface area contributed by atoms with Crippen LogP contribution in [0.1, 0.15) is 51.9 Å². The molecule has 3 heterocycles. The SMILES string of the molecule is CCOC(=O)c1sc(N2C(=O)C(=O)/C(=C(/O)c3ccc4c(c3)CC(C)O4)C2c2ccc(OC)c(OC)c2)nc1C. The van der Waals surface area contributed by atoms with Crippen molar-refractivity contribution in [3.05, 3.63) is 69.2 Å². The lowest BCUT2D eigenvalue weighted by atomic mass is 9.94. The van der Waals surface area contributed by atoms with Crippen molar-refractivity contribution in [2.45, 2.75) is 39.3 Å². The minimum Gasteiger partial charge on any atom is -0.507 e. The molecule has 1 fully saturated rings. The van der Waals surface area contributed by atoms with Gasteiger partial charge in [-0.05, 0) is 62.2 Å². The van der Waals surface area contributed by atoms with Gasteiger partial charge in [0.05, 0.1) is 38.1 Å². The number of thiazole rings is 1. The van der Waals surface area contributed by atoms with E-state index in [1.807, 2.05) is 6.92 Å². The lowest BCUT2D eigenvalue weighted by molar-refractivity contribution is -0.132. The van der Waals surface area contributed by atoms with Crippen molar-refractivity contribution in [2.24, 2.45) is 0 Å². The highest BCUT2D eigenvalue weighted by Gasteiger charge is 2.48. The third kappa shape index (κ3) is 4.56. The van der Waals surface area contributed by atoms with E-state index < -0.39 is 23.7 Å². The molecule has 0 saturated carbocycles. The smallest absolute Gasteiger partial charge is 0.350 e. The predicted octanol–water partition coefficient (Wildman–Crippen LogP) is 4.60. The number of ketones is 1. The van der Waals surface area contributed by atoms with E-state index >= 15 is 0 Å². The van der Waals surface area contributed by atoms with Crippen LogP contribution in [0.4, 0.5) is 5.13 Å². The van der Waals surface area contributed by atoms with Crippen LogP contribution in [0.25, 0.3) is 5.76 Å². The molecule has 3 aromatic rings. The monoisotopic (exact) mass is 564 g/mol. The number of anilines is 1. The summed E-state index contributed by atoms with van der Waals surface area (Å²) in [6.45, 7) is 5.44. The highest BCUT2D eigenvalue weighted by atomic mass is 32.1. The van der Waals surface area contributed by atoms with Crippen molar-refractivity contribution in [3.63, 3.8) is 0 Å². The molecule has 0 radical (unpaired) electrons. The van der Waals surface area contributed by atoms with Crippen LogP contribution in [0.15, 0.2) is 42.0 Å². The molecule has 10 nitrogen and oxygen atoms in total. The normalized spacial score (nSPS) is 19.4. The number of methoxy groups -OCH3 is 2. The topological polar surface area (TPSA) is 124 Å². The van der Waals surface area contributed by atoms with Gasteiger partial charge in [-0.15, -0.1) is 0 Å². The first-order valence-corrected chi connectivity index (χ1v) is 13.5. The summed E-state index contributed by atoms with van der Waals surface area (Å²) >= 11 is 0.943. The number of aromatic nitrogens is 1. The number of carbonyl (C=O) groups is 3. The predicted molar refractivity (Wildman–Crippen MR) is 147 cm³/mol. The number of aryl methyl sites for hydroxylation is 1. The zero-order valence-electron chi connectivity index (χ0n) is 22.6. The molecule has 2 aliphatic rings. The van der Waals surface area contributed by atoms with Gasteiger partial charge >= 0.3 is 11.9 Å². The molecule has 208 valence electrons. The van der Waals surface area contributed by atoms with Gasteiger partial charge in [0.2, 0.25) is 0 Å². The third-order valence-corrected chi connectivity index (χ3v) is 7.93. The molecule has 1 aromatic heterocycles. The molecule has 0 bridgehead atoms. The number of ether oxygens (including phenoxy) is 4. The number of aliphatic hydroxyl groups excluding tert-OH is 1. The van der Waals surface area contributed by atoms with E-state index in [1.54, 1.807) is 50.2 Å². The number of fused-ring (bicyclic) bond motifs is 1. The molecule has 2 aliphatic heterocycles. The Labute approximate surface area is 234 Å². The fourth-order valence-electron chi connectivity index (χ4n) is 4.96. The van der Waals surface area contributed by atoms with Gasteiger partial charge in [-0.2, -0.15) is 0 Å². The zero-order valence-corrected chi connectivity index (χ0v) is 23.5. The van der Waals surface area contributed by atoms with Crippen LogP contribution in [0.3, 0.4) is 0 Å². The maximum absolute atomic E-state index is 13.6.